The highest BCUT2D eigenvalue weighted by atomic mass is 16.5. The summed E-state index contributed by atoms with van der Waals surface area (Å²) in [5.41, 5.74) is 7.88. The maximum absolute atomic E-state index is 10.5. The van der Waals surface area contributed by atoms with Crippen molar-refractivity contribution in [2.45, 2.75) is 24.8 Å². The van der Waals surface area contributed by atoms with Crippen LogP contribution in [0, 0.1) is 0 Å². The van der Waals surface area contributed by atoms with Crippen LogP contribution >= 0.6 is 0 Å². The van der Waals surface area contributed by atoms with Crippen LogP contribution in [0.5, 0.6) is 5.75 Å². The Balaban J connectivity index is 2.17. The van der Waals surface area contributed by atoms with Crippen molar-refractivity contribution in [3.8, 4) is 5.75 Å². The number of nitrogens with zero attached hydrogens (tertiary/aromatic N) is 1. The molecule has 0 spiro atoms. The number of hydrogen-bond acceptors (Lipinski definition) is 4. The topological polar surface area (TPSA) is 55.6 Å². The fourth-order valence-corrected chi connectivity index (χ4v) is 1.91. The average molecular weight is 248 g/mol. The molecule has 1 saturated carbocycles. The molecule has 1 aromatic carbocycles. The molecule has 2 rings (SSSR count). The van der Waals surface area contributed by atoms with Crippen molar-refractivity contribution < 1.29 is 9.53 Å². The molecular formula is C14H20N2O2. The number of anilines is 1. The molecule has 1 aromatic rings. The lowest BCUT2D eigenvalue weighted by Crippen LogP contribution is -2.29. The summed E-state index contributed by atoms with van der Waals surface area (Å²) in [6.07, 6.45) is 3.23. The molecule has 1 aliphatic rings. The molecule has 4 heteroatoms. The van der Waals surface area contributed by atoms with E-state index in [2.05, 4.69) is 18.2 Å². The quantitative estimate of drug-likeness (QED) is 0.776. The number of benzene rings is 1. The van der Waals surface area contributed by atoms with Crippen LogP contribution in [0.3, 0.4) is 0 Å². The normalized spacial score (nSPS) is 16.2. The van der Waals surface area contributed by atoms with Crippen LogP contribution in [-0.2, 0) is 4.79 Å². The second-order valence-corrected chi connectivity index (χ2v) is 5.01. The Kier molecular flexibility index (Phi) is 3.87. The van der Waals surface area contributed by atoms with Crippen LogP contribution in [0.15, 0.2) is 18.2 Å². The fourth-order valence-electron chi connectivity index (χ4n) is 1.91. The van der Waals surface area contributed by atoms with Gasteiger partial charge in [-0.1, -0.05) is 6.07 Å². The van der Waals surface area contributed by atoms with Crippen molar-refractivity contribution in [3.63, 3.8) is 0 Å². The first-order valence-corrected chi connectivity index (χ1v) is 6.26. The highest BCUT2D eigenvalue weighted by Gasteiger charge is 2.24. The van der Waals surface area contributed by atoms with Crippen molar-refractivity contribution in [1.82, 2.24) is 0 Å². The Morgan fingerprint density at radius 3 is 2.78 bits per heavy atom. The van der Waals surface area contributed by atoms with Gasteiger partial charge in [0.15, 0.2) is 0 Å². The second-order valence-electron chi connectivity index (χ2n) is 5.01. The molecule has 0 aromatic heterocycles. The highest BCUT2D eigenvalue weighted by Crippen LogP contribution is 2.42. The molecular weight excluding hydrogens is 228 g/mol. The van der Waals surface area contributed by atoms with Gasteiger partial charge in [-0.25, -0.2) is 0 Å². The first kappa shape index (κ1) is 12.9. The molecule has 0 heterocycles. The molecule has 4 nitrogen and oxygen atoms in total. The van der Waals surface area contributed by atoms with Gasteiger partial charge in [0.1, 0.15) is 18.6 Å². The van der Waals surface area contributed by atoms with Gasteiger partial charge in [0, 0.05) is 14.1 Å². The molecule has 1 atom stereocenters. The zero-order valence-electron chi connectivity index (χ0n) is 10.9. The predicted octanol–water partition coefficient (Wildman–Crippen LogP) is 1.53. The molecule has 98 valence electrons. The first-order chi connectivity index (χ1) is 8.61. The lowest BCUT2D eigenvalue weighted by Gasteiger charge is -2.19. The minimum Gasteiger partial charge on any atom is -0.489 e. The van der Waals surface area contributed by atoms with Gasteiger partial charge >= 0.3 is 0 Å². The first-order valence-electron chi connectivity index (χ1n) is 6.26. The molecule has 1 aliphatic carbocycles. The number of rotatable bonds is 6. The van der Waals surface area contributed by atoms with E-state index in [0.717, 1.165) is 11.4 Å². The van der Waals surface area contributed by atoms with Crippen LogP contribution in [0.2, 0.25) is 0 Å². The number of carbonyl (C=O) groups is 1. The Morgan fingerprint density at radius 2 is 2.22 bits per heavy atom. The highest BCUT2D eigenvalue weighted by molar-refractivity contribution is 5.60. The monoisotopic (exact) mass is 248 g/mol. The van der Waals surface area contributed by atoms with Crippen molar-refractivity contribution >= 4 is 12.0 Å². The van der Waals surface area contributed by atoms with Gasteiger partial charge in [-0.15, -0.1) is 0 Å². The zero-order valence-corrected chi connectivity index (χ0v) is 10.9. The Labute approximate surface area is 108 Å². The fraction of sp³-hybridized carbons (Fsp3) is 0.500. The van der Waals surface area contributed by atoms with E-state index in [4.69, 9.17) is 10.5 Å². The predicted molar refractivity (Wildman–Crippen MR) is 72.3 cm³/mol. The van der Waals surface area contributed by atoms with E-state index >= 15 is 0 Å². The van der Waals surface area contributed by atoms with Crippen LogP contribution in [0.25, 0.3) is 0 Å². The number of aldehydes is 1. The van der Waals surface area contributed by atoms with Crippen molar-refractivity contribution in [1.29, 1.82) is 0 Å². The maximum Gasteiger partial charge on any atom is 0.142 e. The van der Waals surface area contributed by atoms with Gasteiger partial charge in [0.25, 0.3) is 0 Å². The molecule has 0 unspecified atom stereocenters. The zero-order chi connectivity index (χ0) is 13.1. The van der Waals surface area contributed by atoms with Crippen LogP contribution in [-0.4, -0.2) is 33.0 Å². The Hall–Kier alpha value is -1.55. The number of nitrogens with two attached hydrogens (primary N) is 1. The standard InChI is InChI=1S/C14H20N2O2/c1-16(2)13-6-5-11(10-3-4-10)7-14(13)18-9-12(15)8-17/h5-8,10,12H,3-4,9,15H2,1-2H3/t12-/m1/s1. The third-order valence-corrected chi connectivity index (χ3v) is 3.12. The van der Waals surface area contributed by atoms with Crippen molar-refractivity contribution in [2.75, 3.05) is 25.6 Å². The van der Waals surface area contributed by atoms with Gasteiger partial charge in [-0.2, -0.15) is 0 Å². The van der Waals surface area contributed by atoms with E-state index in [9.17, 15) is 4.79 Å². The molecule has 1 fully saturated rings. The SMILES string of the molecule is CN(C)c1ccc(C2CC2)cc1OC[C@H](N)C=O. The van der Waals surface area contributed by atoms with E-state index in [1.165, 1.54) is 18.4 Å². The summed E-state index contributed by atoms with van der Waals surface area (Å²) >= 11 is 0. The van der Waals surface area contributed by atoms with Crippen molar-refractivity contribution in [2.24, 2.45) is 5.73 Å². The smallest absolute Gasteiger partial charge is 0.142 e. The summed E-state index contributed by atoms with van der Waals surface area (Å²) in [6.45, 7) is 0.221. The molecule has 18 heavy (non-hydrogen) atoms. The summed E-state index contributed by atoms with van der Waals surface area (Å²) in [5, 5.41) is 0. The minimum absolute atomic E-state index is 0.221. The van der Waals surface area contributed by atoms with E-state index in [1.807, 2.05) is 19.0 Å². The van der Waals surface area contributed by atoms with E-state index in [-0.39, 0.29) is 6.61 Å². The molecule has 0 saturated heterocycles. The van der Waals surface area contributed by atoms with Gasteiger partial charge in [-0.05, 0) is 36.5 Å². The molecule has 0 aliphatic heterocycles. The lowest BCUT2D eigenvalue weighted by molar-refractivity contribution is -0.109. The summed E-state index contributed by atoms with van der Waals surface area (Å²) < 4.78 is 5.67. The van der Waals surface area contributed by atoms with Gasteiger partial charge < -0.3 is 20.2 Å². The van der Waals surface area contributed by atoms with Crippen LogP contribution in [0.4, 0.5) is 5.69 Å². The lowest BCUT2D eigenvalue weighted by atomic mass is 10.1. The van der Waals surface area contributed by atoms with E-state index in [0.29, 0.717) is 12.2 Å². The van der Waals surface area contributed by atoms with Crippen LogP contribution < -0.4 is 15.4 Å². The summed E-state index contributed by atoms with van der Waals surface area (Å²) in [4.78, 5) is 12.5. The molecule has 0 radical (unpaired) electrons. The maximum atomic E-state index is 10.5. The Bertz CT molecular complexity index is 428. The number of carbonyl (C=O) groups excluding carboxylic acids is 1. The molecule has 0 amide bonds. The van der Waals surface area contributed by atoms with Gasteiger partial charge in [0.2, 0.25) is 0 Å². The van der Waals surface area contributed by atoms with Crippen LogP contribution in [0.1, 0.15) is 24.3 Å². The van der Waals surface area contributed by atoms with E-state index < -0.39 is 6.04 Å². The van der Waals surface area contributed by atoms with Crippen molar-refractivity contribution in [3.05, 3.63) is 23.8 Å². The number of hydrogen-bond donors (Lipinski definition) is 1. The third kappa shape index (κ3) is 3.01. The summed E-state index contributed by atoms with van der Waals surface area (Å²) in [7, 11) is 3.94. The third-order valence-electron chi connectivity index (χ3n) is 3.12. The summed E-state index contributed by atoms with van der Waals surface area (Å²) in [6, 6.07) is 5.73. The minimum atomic E-state index is -0.565. The van der Waals surface area contributed by atoms with Gasteiger partial charge in [-0.3, -0.25) is 0 Å². The largest absolute Gasteiger partial charge is 0.489 e. The van der Waals surface area contributed by atoms with Gasteiger partial charge in [0.05, 0.1) is 11.7 Å². The molecule has 2 N–H and O–H groups in total. The Morgan fingerprint density at radius 1 is 1.50 bits per heavy atom. The molecule has 0 bridgehead atoms. The number of ether oxygens (including phenoxy) is 1. The summed E-state index contributed by atoms with van der Waals surface area (Å²) in [5.74, 6) is 1.49. The average Bonchev–Trinajstić information content (AvgIpc) is 3.19. The second kappa shape index (κ2) is 5.40. The van der Waals surface area contributed by atoms with E-state index in [1.54, 1.807) is 0 Å².